The fraction of sp³-hybridized carbons (Fsp3) is 0.667. The van der Waals surface area contributed by atoms with Gasteiger partial charge in [-0.1, -0.05) is 62.6 Å². The fourth-order valence-electron chi connectivity index (χ4n) is 2.87. The number of carboxylic acids is 1. The van der Waals surface area contributed by atoms with Crippen LogP contribution in [0.4, 0.5) is 0 Å². The maximum atomic E-state index is 10.4. The van der Waals surface area contributed by atoms with Gasteiger partial charge in [0, 0.05) is 6.42 Å². The van der Waals surface area contributed by atoms with E-state index in [4.69, 9.17) is 5.11 Å². The summed E-state index contributed by atoms with van der Waals surface area (Å²) in [7, 11) is 0. The maximum Gasteiger partial charge on any atom is 0.303 e. The monoisotopic (exact) mass is 334 g/mol. The van der Waals surface area contributed by atoms with Gasteiger partial charge in [-0.25, -0.2) is 0 Å². The topological polar surface area (TPSA) is 57.5 Å². The number of hydrogen-bond acceptors (Lipinski definition) is 2. The van der Waals surface area contributed by atoms with Crippen molar-refractivity contribution in [3.8, 4) is 0 Å². The van der Waals surface area contributed by atoms with E-state index in [9.17, 15) is 9.90 Å². The van der Waals surface area contributed by atoms with E-state index in [0.717, 1.165) is 50.4 Å². The summed E-state index contributed by atoms with van der Waals surface area (Å²) in [6.45, 7) is 2.17. The van der Waals surface area contributed by atoms with Gasteiger partial charge < -0.3 is 10.2 Å². The smallest absolute Gasteiger partial charge is 0.303 e. The second-order valence-electron chi connectivity index (χ2n) is 6.86. The number of aliphatic carboxylic acids is 1. The molecule has 3 heteroatoms. The number of aliphatic hydroxyl groups is 1. The molecule has 3 nitrogen and oxygen atoms in total. The third-order valence-electron chi connectivity index (χ3n) is 4.56. The molecule has 1 unspecified atom stereocenters. The minimum atomic E-state index is -0.708. The standard InChI is InChI=1S/C21H34O3/c1-2-3-7-14-20(22)15-10-6-9-13-19-17-18(19)12-8-4-5-11-16-21(23)24/h4,6,8-10,15,18-20,22H,2-3,5,7,11-14,16-17H2,1H3,(H,23,24)/b8-4-,9-6-,15-10+/t18-,19-,20?/m1/s1. The van der Waals surface area contributed by atoms with Crippen LogP contribution in [0, 0.1) is 11.8 Å². The first kappa shape index (κ1) is 20.7. The van der Waals surface area contributed by atoms with Crippen molar-refractivity contribution in [3.63, 3.8) is 0 Å². The highest BCUT2D eigenvalue weighted by Gasteiger charge is 2.34. The molecule has 0 aromatic rings. The summed E-state index contributed by atoms with van der Waals surface area (Å²) >= 11 is 0. The van der Waals surface area contributed by atoms with Gasteiger partial charge in [0.1, 0.15) is 0 Å². The Morgan fingerprint density at radius 2 is 1.83 bits per heavy atom. The maximum absolute atomic E-state index is 10.4. The van der Waals surface area contributed by atoms with Gasteiger partial charge in [-0.15, -0.1) is 0 Å². The zero-order valence-electron chi connectivity index (χ0n) is 15.1. The molecule has 1 aliphatic rings. The molecule has 0 saturated heterocycles. The van der Waals surface area contributed by atoms with Gasteiger partial charge in [-0.05, 0) is 50.4 Å². The second kappa shape index (κ2) is 13.0. The summed E-state index contributed by atoms with van der Waals surface area (Å²) in [5, 5.41) is 18.3. The third kappa shape index (κ3) is 11.2. The molecular formula is C21H34O3. The van der Waals surface area contributed by atoms with Crippen molar-refractivity contribution in [3.05, 3.63) is 36.5 Å². The number of allylic oxidation sites excluding steroid dienone is 5. The van der Waals surface area contributed by atoms with Gasteiger partial charge in [0.15, 0.2) is 0 Å². The van der Waals surface area contributed by atoms with Gasteiger partial charge in [-0.2, -0.15) is 0 Å². The quantitative estimate of drug-likeness (QED) is 0.258. The average Bonchev–Trinajstić information content (AvgIpc) is 3.29. The van der Waals surface area contributed by atoms with Crippen molar-refractivity contribution < 1.29 is 15.0 Å². The number of carbonyl (C=O) groups is 1. The van der Waals surface area contributed by atoms with E-state index in [1.165, 1.54) is 19.3 Å². The van der Waals surface area contributed by atoms with Crippen LogP contribution in [-0.2, 0) is 4.79 Å². The molecular weight excluding hydrogens is 300 g/mol. The number of unbranched alkanes of at least 4 members (excludes halogenated alkanes) is 3. The Labute approximate surface area is 147 Å². The summed E-state index contributed by atoms with van der Waals surface area (Å²) in [5.74, 6) is 0.891. The Morgan fingerprint density at radius 3 is 2.54 bits per heavy atom. The number of rotatable bonds is 14. The van der Waals surface area contributed by atoms with Crippen LogP contribution in [0.5, 0.6) is 0 Å². The van der Waals surface area contributed by atoms with Gasteiger partial charge in [-0.3, -0.25) is 4.79 Å². The highest BCUT2D eigenvalue weighted by molar-refractivity contribution is 5.66. The summed E-state index contributed by atoms with van der Waals surface area (Å²) in [6, 6.07) is 0. The van der Waals surface area contributed by atoms with Crippen molar-refractivity contribution in [1.29, 1.82) is 0 Å². The SMILES string of the molecule is CCCCCC(O)/C=C/C=C\C[C@@H]1C[C@H]1C/C=C\CCCC(=O)O. The van der Waals surface area contributed by atoms with E-state index in [2.05, 4.69) is 31.2 Å². The summed E-state index contributed by atoms with van der Waals surface area (Å²) < 4.78 is 0. The van der Waals surface area contributed by atoms with E-state index >= 15 is 0 Å². The first-order valence-corrected chi connectivity index (χ1v) is 9.51. The van der Waals surface area contributed by atoms with Crippen molar-refractivity contribution in [2.45, 2.75) is 77.2 Å². The molecule has 1 fully saturated rings. The van der Waals surface area contributed by atoms with Crippen LogP contribution in [0.15, 0.2) is 36.5 Å². The first-order chi connectivity index (χ1) is 11.6. The van der Waals surface area contributed by atoms with E-state index in [0.29, 0.717) is 0 Å². The van der Waals surface area contributed by atoms with Gasteiger partial charge >= 0.3 is 5.97 Å². The van der Waals surface area contributed by atoms with Gasteiger partial charge in [0.2, 0.25) is 0 Å². The van der Waals surface area contributed by atoms with Crippen LogP contribution < -0.4 is 0 Å². The molecule has 0 heterocycles. The Balaban J connectivity index is 2.01. The van der Waals surface area contributed by atoms with Crippen molar-refractivity contribution >= 4 is 5.97 Å². The van der Waals surface area contributed by atoms with Crippen LogP contribution in [0.25, 0.3) is 0 Å². The predicted octanol–water partition coefficient (Wildman–Crippen LogP) is 5.27. The van der Waals surface area contributed by atoms with Crippen molar-refractivity contribution in [2.24, 2.45) is 11.8 Å². The van der Waals surface area contributed by atoms with Crippen LogP contribution >= 0.6 is 0 Å². The van der Waals surface area contributed by atoms with Crippen LogP contribution in [0.1, 0.15) is 71.1 Å². The fourth-order valence-corrected chi connectivity index (χ4v) is 2.87. The molecule has 3 atom stereocenters. The van der Waals surface area contributed by atoms with Crippen LogP contribution in [-0.4, -0.2) is 22.3 Å². The summed E-state index contributed by atoms with van der Waals surface area (Å²) in [6.07, 6.45) is 21.9. The zero-order chi connectivity index (χ0) is 17.6. The lowest BCUT2D eigenvalue weighted by Crippen LogP contribution is -2.00. The van der Waals surface area contributed by atoms with Crippen LogP contribution in [0.3, 0.4) is 0 Å². The lowest BCUT2D eigenvalue weighted by Gasteiger charge is -2.03. The minimum absolute atomic E-state index is 0.266. The Bertz CT molecular complexity index is 423. The molecule has 0 amide bonds. The Kier molecular flexibility index (Phi) is 11.2. The number of hydrogen-bond donors (Lipinski definition) is 2. The third-order valence-corrected chi connectivity index (χ3v) is 4.56. The second-order valence-corrected chi connectivity index (χ2v) is 6.86. The Morgan fingerprint density at radius 1 is 1.08 bits per heavy atom. The molecule has 1 rings (SSSR count). The highest BCUT2D eigenvalue weighted by atomic mass is 16.4. The van der Waals surface area contributed by atoms with Gasteiger partial charge in [0.05, 0.1) is 6.10 Å². The Hall–Kier alpha value is -1.35. The molecule has 136 valence electrons. The average molecular weight is 335 g/mol. The molecule has 1 aliphatic carbocycles. The lowest BCUT2D eigenvalue weighted by molar-refractivity contribution is -0.137. The number of aliphatic hydroxyl groups excluding tert-OH is 1. The molecule has 1 saturated carbocycles. The number of carboxylic acid groups (broad SMARTS) is 1. The van der Waals surface area contributed by atoms with Crippen molar-refractivity contribution in [1.82, 2.24) is 0 Å². The van der Waals surface area contributed by atoms with E-state index in [1.807, 2.05) is 12.2 Å². The predicted molar refractivity (Wildman–Crippen MR) is 99.9 cm³/mol. The van der Waals surface area contributed by atoms with Gasteiger partial charge in [0.25, 0.3) is 0 Å². The van der Waals surface area contributed by atoms with E-state index in [-0.39, 0.29) is 12.5 Å². The van der Waals surface area contributed by atoms with E-state index in [1.54, 1.807) is 0 Å². The molecule has 0 bridgehead atoms. The summed E-state index contributed by atoms with van der Waals surface area (Å²) in [4.78, 5) is 10.4. The summed E-state index contributed by atoms with van der Waals surface area (Å²) in [5.41, 5.74) is 0. The molecule has 24 heavy (non-hydrogen) atoms. The molecule has 0 aromatic heterocycles. The first-order valence-electron chi connectivity index (χ1n) is 9.51. The minimum Gasteiger partial charge on any atom is -0.481 e. The molecule has 2 N–H and O–H groups in total. The molecule has 0 spiro atoms. The molecule has 0 aliphatic heterocycles. The normalized spacial score (nSPS) is 21.9. The zero-order valence-corrected chi connectivity index (χ0v) is 15.1. The van der Waals surface area contributed by atoms with Crippen molar-refractivity contribution in [2.75, 3.05) is 0 Å². The van der Waals surface area contributed by atoms with E-state index < -0.39 is 5.97 Å². The molecule has 0 radical (unpaired) electrons. The lowest BCUT2D eigenvalue weighted by atomic mass is 10.1. The highest BCUT2D eigenvalue weighted by Crippen LogP contribution is 2.44. The molecule has 0 aromatic carbocycles. The van der Waals surface area contributed by atoms with Crippen LogP contribution in [0.2, 0.25) is 0 Å². The largest absolute Gasteiger partial charge is 0.481 e.